The van der Waals surface area contributed by atoms with E-state index < -0.39 is 29.2 Å². The lowest BCUT2D eigenvalue weighted by atomic mass is 9.93. The molecular formula is C16H21F3O3. The Morgan fingerprint density at radius 3 is 2.41 bits per heavy atom. The first-order valence-corrected chi connectivity index (χ1v) is 7.03. The number of ether oxygens (including phenoxy) is 1. The van der Waals surface area contributed by atoms with Crippen molar-refractivity contribution in [3.63, 3.8) is 0 Å². The number of alkyl halides is 3. The second-order valence-corrected chi connectivity index (χ2v) is 6.13. The summed E-state index contributed by atoms with van der Waals surface area (Å²) >= 11 is 0. The van der Waals surface area contributed by atoms with Crippen LogP contribution in [0, 0.1) is 0 Å². The number of aliphatic hydroxyl groups excluding tert-OH is 1. The topological polar surface area (TPSA) is 46.5 Å². The van der Waals surface area contributed by atoms with E-state index in [1.807, 2.05) is 0 Å². The number of benzene rings is 1. The molecule has 0 aliphatic rings. The molecule has 0 aromatic heterocycles. The van der Waals surface area contributed by atoms with E-state index in [9.17, 15) is 23.1 Å². The predicted octanol–water partition coefficient (Wildman–Crippen LogP) is 3.90. The zero-order valence-electron chi connectivity index (χ0n) is 12.9. The van der Waals surface area contributed by atoms with Crippen LogP contribution in [0.2, 0.25) is 0 Å². The quantitative estimate of drug-likeness (QED) is 0.838. The molecule has 0 saturated carbocycles. The van der Waals surface area contributed by atoms with Crippen LogP contribution in [-0.2, 0) is 15.7 Å². The van der Waals surface area contributed by atoms with Gasteiger partial charge in [-0.2, -0.15) is 13.2 Å². The zero-order chi connectivity index (χ0) is 17.0. The first kappa shape index (κ1) is 18.5. The number of hydrogen-bond acceptors (Lipinski definition) is 3. The number of halogens is 3. The summed E-state index contributed by atoms with van der Waals surface area (Å²) in [6.45, 7) is 4.88. The van der Waals surface area contributed by atoms with E-state index in [1.165, 1.54) is 12.1 Å². The van der Waals surface area contributed by atoms with Crippen molar-refractivity contribution in [1.29, 1.82) is 0 Å². The summed E-state index contributed by atoms with van der Waals surface area (Å²) in [5.74, 6) is -0.965. The summed E-state index contributed by atoms with van der Waals surface area (Å²) in [7, 11) is 0. The van der Waals surface area contributed by atoms with Gasteiger partial charge in [0, 0.05) is 18.9 Å². The van der Waals surface area contributed by atoms with Gasteiger partial charge in [0.2, 0.25) is 0 Å². The van der Waals surface area contributed by atoms with E-state index in [2.05, 4.69) is 0 Å². The maximum atomic E-state index is 12.7. The molecule has 0 aliphatic heterocycles. The Bertz CT molecular complexity index is 504. The van der Waals surface area contributed by atoms with Gasteiger partial charge in [0.1, 0.15) is 5.60 Å². The van der Waals surface area contributed by atoms with Gasteiger partial charge >= 0.3 is 12.1 Å². The molecule has 3 nitrogen and oxygen atoms in total. The van der Waals surface area contributed by atoms with Crippen molar-refractivity contribution >= 4 is 5.97 Å². The Morgan fingerprint density at radius 1 is 1.27 bits per heavy atom. The number of carbonyl (C=O) groups excluding carboxylic acids is 1. The molecule has 0 fully saturated rings. The van der Waals surface area contributed by atoms with E-state index in [4.69, 9.17) is 4.74 Å². The fourth-order valence-corrected chi connectivity index (χ4v) is 2.02. The number of hydrogen-bond donors (Lipinski definition) is 1. The van der Waals surface area contributed by atoms with Crippen LogP contribution >= 0.6 is 0 Å². The number of aliphatic hydroxyl groups is 1. The summed E-state index contributed by atoms with van der Waals surface area (Å²) < 4.78 is 43.2. The van der Waals surface area contributed by atoms with Gasteiger partial charge in [0.25, 0.3) is 0 Å². The maximum absolute atomic E-state index is 12.7. The first-order valence-electron chi connectivity index (χ1n) is 7.03. The number of esters is 1. The van der Waals surface area contributed by atoms with E-state index >= 15 is 0 Å². The molecule has 0 bridgehead atoms. The summed E-state index contributed by atoms with van der Waals surface area (Å²) in [4.78, 5) is 11.7. The van der Waals surface area contributed by atoms with Crippen molar-refractivity contribution in [2.75, 3.05) is 6.61 Å². The molecule has 1 unspecified atom stereocenters. The van der Waals surface area contributed by atoms with Gasteiger partial charge in [0.05, 0.1) is 5.56 Å². The van der Waals surface area contributed by atoms with Gasteiger partial charge in [-0.3, -0.25) is 4.79 Å². The zero-order valence-corrected chi connectivity index (χ0v) is 12.9. The molecule has 0 radical (unpaired) electrons. The van der Waals surface area contributed by atoms with Crippen molar-refractivity contribution < 1.29 is 27.8 Å². The van der Waals surface area contributed by atoms with Gasteiger partial charge < -0.3 is 9.84 Å². The normalized spacial score (nSPS) is 13.8. The molecule has 124 valence electrons. The highest BCUT2D eigenvalue weighted by Crippen LogP contribution is 2.32. The number of rotatable bonds is 5. The monoisotopic (exact) mass is 318 g/mol. The molecule has 22 heavy (non-hydrogen) atoms. The minimum absolute atomic E-state index is 0.0404. The van der Waals surface area contributed by atoms with Crippen molar-refractivity contribution in [2.24, 2.45) is 0 Å². The molecule has 0 amide bonds. The Morgan fingerprint density at radius 2 is 1.91 bits per heavy atom. The van der Waals surface area contributed by atoms with Crippen LogP contribution in [0.5, 0.6) is 0 Å². The minimum Gasteiger partial charge on any atom is -0.460 e. The summed E-state index contributed by atoms with van der Waals surface area (Å²) in [6, 6.07) is 4.81. The first-order chi connectivity index (χ1) is 10.0. The highest BCUT2D eigenvalue weighted by atomic mass is 19.4. The Balaban J connectivity index is 2.75. The molecule has 1 rings (SSSR count). The second kappa shape index (κ2) is 7.13. The van der Waals surface area contributed by atoms with Crippen LogP contribution in [0.3, 0.4) is 0 Å². The molecule has 0 aliphatic carbocycles. The Labute approximate surface area is 128 Å². The third-order valence-electron chi connectivity index (χ3n) is 3.02. The summed E-state index contributed by atoms with van der Waals surface area (Å²) in [5.41, 5.74) is -1.01. The standard InChI is InChI=1S/C16H21F3O3/c1-15(2,3)22-14(21)8-7-12(10-20)11-5-4-6-13(9-11)16(17,18)19/h4-6,9,12,20H,7-8,10H2,1-3H3. The van der Waals surface area contributed by atoms with Crippen LogP contribution in [0.25, 0.3) is 0 Å². The van der Waals surface area contributed by atoms with Crippen molar-refractivity contribution in [3.8, 4) is 0 Å². The molecule has 1 aromatic carbocycles. The highest BCUT2D eigenvalue weighted by Gasteiger charge is 2.31. The van der Waals surface area contributed by atoms with Gasteiger partial charge in [-0.15, -0.1) is 0 Å². The lowest BCUT2D eigenvalue weighted by molar-refractivity contribution is -0.155. The van der Waals surface area contributed by atoms with Crippen molar-refractivity contribution in [2.45, 2.75) is 51.3 Å². The van der Waals surface area contributed by atoms with Crippen LogP contribution in [0.1, 0.15) is 50.7 Å². The van der Waals surface area contributed by atoms with E-state index in [-0.39, 0.29) is 19.4 Å². The fraction of sp³-hybridized carbons (Fsp3) is 0.562. The third kappa shape index (κ3) is 6.05. The van der Waals surface area contributed by atoms with Gasteiger partial charge in [-0.25, -0.2) is 0 Å². The van der Waals surface area contributed by atoms with E-state index in [0.29, 0.717) is 5.56 Å². The van der Waals surface area contributed by atoms with Gasteiger partial charge in [-0.1, -0.05) is 18.2 Å². The molecule has 0 saturated heterocycles. The molecule has 1 aromatic rings. The lowest BCUT2D eigenvalue weighted by Crippen LogP contribution is -2.24. The fourth-order valence-electron chi connectivity index (χ4n) is 2.02. The third-order valence-corrected chi connectivity index (χ3v) is 3.02. The summed E-state index contributed by atoms with van der Waals surface area (Å²) in [6.07, 6.45) is -4.16. The minimum atomic E-state index is -4.43. The van der Waals surface area contributed by atoms with Crippen LogP contribution < -0.4 is 0 Å². The van der Waals surface area contributed by atoms with E-state index in [0.717, 1.165) is 12.1 Å². The molecular weight excluding hydrogens is 297 g/mol. The number of carbonyl (C=O) groups is 1. The average Bonchev–Trinajstić information content (AvgIpc) is 2.36. The smallest absolute Gasteiger partial charge is 0.416 e. The lowest BCUT2D eigenvalue weighted by Gasteiger charge is -2.21. The molecule has 0 heterocycles. The Kier molecular flexibility index (Phi) is 6.00. The molecule has 0 spiro atoms. The van der Waals surface area contributed by atoms with Gasteiger partial charge in [-0.05, 0) is 38.8 Å². The van der Waals surface area contributed by atoms with Crippen molar-refractivity contribution in [1.82, 2.24) is 0 Å². The van der Waals surface area contributed by atoms with Crippen LogP contribution in [0.15, 0.2) is 24.3 Å². The second-order valence-electron chi connectivity index (χ2n) is 6.13. The van der Waals surface area contributed by atoms with Crippen molar-refractivity contribution in [3.05, 3.63) is 35.4 Å². The Hall–Kier alpha value is -1.56. The van der Waals surface area contributed by atoms with Crippen LogP contribution in [-0.4, -0.2) is 23.3 Å². The SMILES string of the molecule is CC(C)(C)OC(=O)CCC(CO)c1cccc(C(F)(F)F)c1. The largest absolute Gasteiger partial charge is 0.460 e. The predicted molar refractivity (Wildman–Crippen MR) is 76.3 cm³/mol. The maximum Gasteiger partial charge on any atom is 0.416 e. The molecule has 1 atom stereocenters. The molecule has 1 N–H and O–H groups in total. The molecule has 6 heteroatoms. The van der Waals surface area contributed by atoms with Crippen LogP contribution in [0.4, 0.5) is 13.2 Å². The highest BCUT2D eigenvalue weighted by molar-refractivity contribution is 5.69. The average molecular weight is 318 g/mol. The summed E-state index contributed by atoms with van der Waals surface area (Å²) in [5, 5.41) is 9.39. The van der Waals surface area contributed by atoms with E-state index in [1.54, 1.807) is 20.8 Å². The van der Waals surface area contributed by atoms with Gasteiger partial charge in [0.15, 0.2) is 0 Å².